The number of hydrogen-bond acceptors (Lipinski definition) is 5. The van der Waals surface area contributed by atoms with E-state index in [0.717, 1.165) is 18.2 Å². The Balaban J connectivity index is 2.09. The number of sulfonamides is 1. The van der Waals surface area contributed by atoms with Crippen LogP contribution in [0.2, 0.25) is 5.02 Å². The number of amides is 1. The molecule has 138 valence electrons. The minimum atomic E-state index is -4.13. The van der Waals surface area contributed by atoms with Gasteiger partial charge >= 0.3 is 5.97 Å². The van der Waals surface area contributed by atoms with E-state index in [2.05, 4.69) is 5.32 Å². The van der Waals surface area contributed by atoms with Crippen molar-refractivity contribution in [2.75, 3.05) is 5.32 Å². The van der Waals surface area contributed by atoms with E-state index < -0.39 is 38.7 Å². The molecule has 1 atom stereocenters. The third-order valence-electron chi connectivity index (χ3n) is 3.24. The predicted molar refractivity (Wildman–Crippen MR) is 92.7 cm³/mol. The number of rotatable bonds is 5. The number of carbonyl (C=O) groups excluding carboxylic acids is 2. The third kappa shape index (κ3) is 5.01. The SMILES string of the molecule is C[C@H](OC(=O)c1ccc(Cl)c(S(N)(=O)=O)c1)C(=O)Nc1ccc(F)cc1. The van der Waals surface area contributed by atoms with E-state index in [1.807, 2.05) is 0 Å². The molecule has 0 aliphatic rings. The van der Waals surface area contributed by atoms with Gasteiger partial charge in [-0.3, -0.25) is 4.79 Å². The van der Waals surface area contributed by atoms with Crippen molar-refractivity contribution in [3.05, 3.63) is 58.9 Å². The van der Waals surface area contributed by atoms with Gasteiger partial charge in [0.15, 0.2) is 6.10 Å². The molecule has 26 heavy (non-hydrogen) atoms. The highest BCUT2D eigenvalue weighted by Gasteiger charge is 2.21. The van der Waals surface area contributed by atoms with Gasteiger partial charge in [0.1, 0.15) is 10.7 Å². The van der Waals surface area contributed by atoms with Crippen LogP contribution in [-0.2, 0) is 19.6 Å². The lowest BCUT2D eigenvalue weighted by Crippen LogP contribution is -2.30. The number of primary sulfonamides is 1. The molecule has 2 aromatic rings. The molecule has 3 N–H and O–H groups in total. The molecule has 10 heteroatoms. The summed E-state index contributed by atoms with van der Waals surface area (Å²) in [5.74, 6) is -2.05. The zero-order chi connectivity index (χ0) is 19.5. The lowest BCUT2D eigenvalue weighted by atomic mass is 10.2. The van der Waals surface area contributed by atoms with Gasteiger partial charge in [-0.15, -0.1) is 0 Å². The van der Waals surface area contributed by atoms with E-state index >= 15 is 0 Å². The number of halogens is 2. The average molecular weight is 401 g/mol. The summed E-state index contributed by atoms with van der Waals surface area (Å²) in [6, 6.07) is 8.40. The Morgan fingerprint density at radius 1 is 1.19 bits per heavy atom. The van der Waals surface area contributed by atoms with E-state index in [4.69, 9.17) is 21.5 Å². The van der Waals surface area contributed by atoms with Crippen molar-refractivity contribution >= 4 is 39.2 Å². The van der Waals surface area contributed by atoms with Gasteiger partial charge in [0.25, 0.3) is 5.91 Å². The van der Waals surface area contributed by atoms with Crippen LogP contribution in [-0.4, -0.2) is 26.4 Å². The molecule has 0 aromatic heterocycles. The number of esters is 1. The second-order valence-electron chi connectivity index (χ2n) is 5.23. The average Bonchev–Trinajstić information content (AvgIpc) is 2.56. The van der Waals surface area contributed by atoms with Crippen molar-refractivity contribution in [2.24, 2.45) is 5.14 Å². The van der Waals surface area contributed by atoms with Gasteiger partial charge in [-0.1, -0.05) is 11.6 Å². The lowest BCUT2D eigenvalue weighted by Gasteiger charge is -2.14. The molecular weight excluding hydrogens is 387 g/mol. The number of carbonyl (C=O) groups is 2. The first kappa shape index (κ1) is 19.8. The van der Waals surface area contributed by atoms with Crippen LogP contribution in [0.15, 0.2) is 47.4 Å². The van der Waals surface area contributed by atoms with Gasteiger partial charge in [0.05, 0.1) is 10.6 Å². The topological polar surface area (TPSA) is 116 Å². The van der Waals surface area contributed by atoms with Crippen LogP contribution in [0.4, 0.5) is 10.1 Å². The summed E-state index contributed by atoms with van der Waals surface area (Å²) < 4.78 is 40.7. The Morgan fingerprint density at radius 3 is 2.38 bits per heavy atom. The predicted octanol–water partition coefficient (Wildman–Crippen LogP) is 2.31. The van der Waals surface area contributed by atoms with Gasteiger partial charge < -0.3 is 10.1 Å². The molecule has 0 unspecified atom stereocenters. The number of benzene rings is 2. The Kier molecular flexibility index (Phi) is 5.96. The van der Waals surface area contributed by atoms with E-state index in [-0.39, 0.29) is 10.6 Å². The van der Waals surface area contributed by atoms with Gasteiger partial charge in [0.2, 0.25) is 10.0 Å². The van der Waals surface area contributed by atoms with Crippen molar-refractivity contribution in [3.63, 3.8) is 0 Å². The molecule has 7 nitrogen and oxygen atoms in total. The minimum absolute atomic E-state index is 0.139. The first-order valence-corrected chi connectivity index (χ1v) is 9.10. The summed E-state index contributed by atoms with van der Waals surface area (Å²) in [5.41, 5.74) is 0.183. The molecule has 2 aromatic carbocycles. The Morgan fingerprint density at radius 2 is 1.81 bits per heavy atom. The standard InChI is InChI=1S/C16H14ClFN2O5S/c1-9(15(21)20-12-5-3-11(18)4-6-12)25-16(22)10-2-7-13(17)14(8-10)26(19,23)24/h2-9H,1H3,(H,20,21)(H2,19,23,24)/t9-/m0/s1. The molecule has 0 radical (unpaired) electrons. The first-order chi connectivity index (χ1) is 12.1. The van der Waals surface area contributed by atoms with Crippen LogP contribution < -0.4 is 10.5 Å². The first-order valence-electron chi connectivity index (χ1n) is 7.17. The number of nitrogens with two attached hydrogens (primary N) is 1. The molecule has 0 heterocycles. The smallest absolute Gasteiger partial charge is 0.338 e. The Bertz CT molecular complexity index is 948. The molecule has 0 bridgehead atoms. The highest BCUT2D eigenvalue weighted by Crippen LogP contribution is 2.22. The van der Waals surface area contributed by atoms with Crippen molar-refractivity contribution in [3.8, 4) is 0 Å². The molecule has 2 rings (SSSR count). The van der Waals surface area contributed by atoms with Crippen LogP contribution in [0.1, 0.15) is 17.3 Å². The lowest BCUT2D eigenvalue weighted by molar-refractivity contribution is -0.123. The zero-order valence-corrected chi connectivity index (χ0v) is 15.0. The maximum atomic E-state index is 12.8. The van der Waals surface area contributed by atoms with Gasteiger partial charge in [-0.05, 0) is 49.4 Å². The van der Waals surface area contributed by atoms with Crippen LogP contribution in [0.3, 0.4) is 0 Å². The largest absolute Gasteiger partial charge is 0.449 e. The van der Waals surface area contributed by atoms with Crippen molar-refractivity contribution in [1.82, 2.24) is 0 Å². The minimum Gasteiger partial charge on any atom is -0.449 e. The van der Waals surface area contributed by atoms with E-state index in [1.165, 1.54) is 31.2 Å². The van der Waals surface area contributed by atoms with Gasteiger partial charge in [0, 0.05) is 5.69 Å². The quantitative estimate of drug-likeness (QED) is 0.747. The van der Waals surface area contributed by atoms with Crippen LogP contribution in [0, 0.1) is 5.82 Å². The number of ether oxygens (including phenoxy) is 1. The van der Waals surface area contributed by atoms with Gasteiger partial charge in [-0.2, -0.15) is 0 Å². The summed E-state index contributed by atoms with van der Waals surface area (Å²) in [7, 11) is -4.13. The molecule has 0 saturated carbocycles. The fraction of sp³-hybridized carbons (Fsp3) is 0.125. The molecule has 0 saturated heterocycles. The highest BCUT2D eigenvalue weighted by molar-refractivity contribution is 7.89. The van der Waals surface area contributed by atoms with Crippen molar-refractivity contribution in [2.45, 2.75) is 17.9 Å². The molecule has 0 fully saturated rings. The third-order valence-corrected chi connectivity index (χ3v) is 4.63. The zero-order valence-electron chi connectivity index (χ0n) is 13.4. The van der Waals surface area contributed by atoms with Crippen LogP contribution in [0.25, 0.3) is 0 Å². The summed E-state index contributed by atoms with van der Waals surface area (Å²) in [6.07, 6.45) is -1.19. The molecule has 0 spiro atoms. The van der Waals surface area contributed by atoms with Crippen LogP contribution >= 0.6 is 11.6 Å². The van der Waals surface area contributed by atoms with Crippen LogP contribution in [0.5, 0.6) is 0 Å². The highest BCUT2D eigenvalue weighted by atomic mass is 35.5. The van der Waals surface area contributed by atoms with E-state index in [9.17, 15) is 22.4 Å². The summed E-state index contributed by atoms with van der Waals surface area (Å²) in [4.78, 5) is 23.7. The molecular formula is C16H14ClFN2O5S. The van der Waals surface area contributed by atoms with Gasteiger partial charge in [-0.25, -0.2) is 22.7 Å². The fourth-order valence-corrected chi connectivity index (χ4v) is 2.98. The monoisotopic (exact) mass is 400 g/mol. The number of nitrogens with one attached hydrogen (secondary N) is 1. The normalized spacial score (nSPS) is 12.3. The van der Waals surface area contributed by atoms with Crippen molar-refractivity contribution < 1.29 is 27.1 Å². The molecule has 0 aliphatic heterocycles. The van der Waals surface area contributed by atoms with E-state index in [1.54, 1.807) is 0 Å². The number of anilines is 1. The maximum Gasteiger partial charge on any atom is 0.338 e. The molecule has 1 amide bonds. The number of hydrogen-bond donors (Lipinski definition) is 2. The van der Waals surface area contributed by atoms with E-state index in [0.29, 0.717) is 5.69 Å². The maximum absolute atomic E-state index is 12.8. The summed E-state index contributed by atoms with van der Waals surface area (Å²) >= 11 is 5.74. The summed E-state index contributed by atoms with van der Waals surface area (Å²) in [5, 5.41) is 7.32. The fourth-order valence-electron chi connectivity index (χ4n) is 1.91. The second kappa shape index (κ2) is 7.81. The Labute approximate surface area is 154 Å². The van der Waals surface area contributed by atoms with Crippen molar-refractivity contribution in [1.29, 1.82) is 0 Å². The summed E-state index contributed by atoms with van der Waals surface area (Å²) in [6.45, 7) is 1.33. The Hall–Kier alpha value is -2.49. The second-order valence-corrected chi connectivity index (χ2v) is 7.17. The molecule has 0 aliphatic carbocycles.